The van der Waals surface area contributed by atoms with E-state index in [-0.39, 0.29) is 11.5 Å². The number of rotatable bonds is 4. The molecule has 0 unspecified atom stereocenters. The number of hydrogen-bond donors (Lipinski definition) is 3. The van der Waals surface area contributed by atoms with E-state index in [1.807, 2.05) is 7.05 Å². The number of hydrogen-bond acceptors (Lipinski definition) is 4. The minimum atomic E-state index is -0.629. The molecule has 0 bridgehead atoms. The summed E-state index contributed by atoms with van der Waals surface area (Å²) in [5, 5.41) is 3.13. The zero-order chi connectivity index (χ0) is 14.5. The molecule has 1 amide bonds. The summed E-state index contributed by atoms with van der Waals surface area (Å²) in [6.45, 7) is 2.30. The topological polar surface area (TPSA) is 98.1 Å². The molecule has 0 aromatic carbocycles. The van der Waals surface area contributed by atoms with Crippen molar-refractivity contribution in [2.45, 2.75) is 19.3 Å². The maximum Gasteiger partial charge on any atom is 0.325 e. The molecule has 1 aromatic rings. The molecule has 7 heteroatoms. The summed E-state index contributed by atoms with van der Waals surface area (Å²) in [4.78, 5) is 40.8. The predicted octanol–water partition coefficient (Wildman–Crippen LogP) is -0.475. The first-order chi connectivity index (χ1) is 9.61. The van der Waals surface area contributed by atoms with Crippen LogP contribution in [0.2, 0.25) is 0 Å². The molecule has 1 saturated heterocycles. The van der Waals surface area contributed by atoms with Crippen LogP contribution in [0, 0.1) is 5.92 Å². The van der Waals surface area contributed by atoms with Crippen molar-refractivity contribution in [3.8, 4) is 0 Å². The van der Waals surface area contributed by atoms with Crippen molar-refractivity contribution >= 4 is 5.91 Å². The highest BCUT2D eigenvalue weighted by Crippen LogP contribution is 2.20. The molecule has 3 N–H and O–H groups in total. The van der Waals surface area contributed by atoms with E-state index in [0.29, 0.717) is 19.0 Å². The molecular weight excluding hydrogens is 260 g/mol. The fourth-order valence-electron chi connectivity index (χ4n) is 2.51. The fourth-order valence-corrected chi connectivity index (χ4v) is 2.51. The maximum atomic E-state index is 12.2. The average molecular weight is 280 g/mol. The summed E-state index contributed by atoms with van der Waals surface area (Å²) in [6.07, 6.45) is 4.21. The number of nitrogens with zero attached hydrogens (tertiary/aromatic N) is 1. The van der Waals surface area contributed by atoms with Crippen molar-refractivity contribution in [3.63, 3.8) is 0 Å². The third kappa shape index (κ3) is 3.36. The normalized spacial score (nSPS) is 16.4. The molecule has 1 aliphatic heterocycles. The molecule has 0 saturated carbocycles. The Labute approximate surface area is 116 Å². The van der Waals surface area contributed by atoms with Crippen LogP contribution in [-0.4, -0.2) is 47.5 Å². The largest absolute Gasteiger partial charge is 0.338 e. The van der Waals surface area contributed by atoms with Crippen LogP contribution in [0.3, 0.4) is 0 Å². The number of aromatic amines is 2. The van der Waals surface area contributed by atoms with Crippen molar-refractivity contribution in [3.05, 3.63) is 32.6 Å². The Hall–Kier alpha value is -1.89. The van der Waals surface area contributed by atoms with Crippen LogP contribution in [0.5, 0.6) is 0 Å². The van der Waals surface area contributed by atoms with Crippen molar-refractivity contribution in [2.24, 2.45) is 5.92 Å². The number of H-pyrrole nitrogens is 2. The van der Waals surface area contributed by atoms with E-state index in [1.54, 1.807) is 4.90 Å². The highest BCUT2D eigenvalue weighted by atomic mass is 16.2. The van der Waals surface area contributed by atoms with Gasteiger partial charge in [-0.3, -0.25) is 14.6 Å². The molecule has 0 radical (unpaired) electrons. The fraction of sp³-hybridized carbons (Fsp3) is 0.615. The van der Waals surface area contributed by atoms with Gasteiger partial charge in [-0.1, -0.05) is 0 Å². The first-order valence-corrected chi connectivity index (χ1v) is 6.87. The van der Waals surface area contributed by atoms with E-state index in [4.69, 9.17) is 0 Å². The molecule has 110 valence electrons. The van der Waals surface area contributed by atoms with Crippen LogP contribution in [0.25, 0.3) is 0 Å². The van der Waals surface area contributed by atoms with Crippen LogP contribution in [0.4, 0.5) is 0 Å². The number of carbonyl (C=O) groups is 1. The second-order valence-corrected chi connectivity index (χ2v) is 5.11. The Morgan fingerprint density at radius 3 is 2.70 bits per heavy atom. The number of piperidine rings is 1. The Morgan fingerprint density at radius 1 is 1.40 bits per heavy atom. The van der Waals surface area contributed by atoms with Crippen LogP contribution < -0.4 is 16.6 Å². The Bertz CT molecular complexity index is 569. The standard InChI is InChI=1S/C13H20N4O3/c1-14-5-2-9-3-6-17(7-4-9)12(19)10-8-15-13(20)16-11(10)18/h8-9,14H,2-7H2,1H3,(H2,15,16,18,20). The maximum absolute atomic E-state index is 12.2. The third-order valence-corrected chi connectivity index (χ3v) is 3.75. The molecule has 1 aromatic heterocycles. The molecule has 0 spiro atoms. The number of likely N-dealkylation sites (tertiary alicyclic amines) is 1. The van der Waals surface area contributed by atoms with Gasteiger partial charge in [0, 0.05) is 19.3 Å². The molecule has 20 heavy (non-hydrogen) atoms. The van der Waals surface area contributed by atoms with Gasteiger partial charge in [-0.2, -0.15) is 0 Å². The monoisotopic (exact) mass is 280 g/mol. The SMILES string of the molecule is CNCCC1CCN(C(=O)c2c[nH]c(=O)[nH]c2=O)CC1. The molecule has 1 aliphatic rings. The lowest BCUT2D eigenvalue weighted by Crippen LogP contribution is -2.41. The van der Waals surface area contributed by atoms with E-state index < -0.39 is 11.2 Å². The van der Waals surface area contributed by atoms with E-state index in [0.717, 1.165) is 25.8 Å². The van der Waals surface area contributed by atoms with Crippen LogP contribution in [0.15, 0.2) is 15.8 Å². The lowest BCUT2D eigenvalue weighted by Gasteiger charge is -2.31. The number of nitrogens with one attached hydrogen (secondary N) is 3. The van der Waals surface area contributed by atoms with Crippen LogP contribution in [0.1, 0.15) is 29.6 Å². The zero-order valence-corrected chi connectivity index (χ0v) is 11.6. The Balaban J connectivity index is 1.98. The minimum Gasteiger partial charge on any atom is -0.338 e. The number of carbonyl (C=O) groups excluding carboxylic acids is 1. The van der Waals surface area contributed by atoms with Gasteiger partial charge in [0.2, 0.25) is 0 Å². The first kappa shape index (κ1) is 14.5. The molecule has 0 aliphatic carbocycles. The van der Waals surface area contributed by atoms with Gasteiger partial charge in [0.05, 0.1) is 0 Å². The predicted molar refractivity (Wildman–Crippen MR) is 74.9 cm³/mol. The van der Waals surface area contributed by atoms with Gasteiger partial charge in [-0.15, -0.1) is 0 Å². The average Bonchev–Trinajstić information content (AvgIpc) is 2.45. The molecular formula is C13H20N4O3. The van der Waals surface area contributed by atoms with Crippen LogP contribution in [-0.2, 0) is 0 Å². The summed E-state index contributed by atoms with van der Waals surface area (Å²) in [7, 11) is 1.93. The quantitative estimate of drug-likeness (QED) is 0.694. The molecule has 7 nitrogen and oxygen atoms in total. The van der Waals surface area contributed by atoms with Crippen molar-refractivity contribution in [1.29, 1.82) is 0 Å². The summed E-state index contributed by atoms with van der Waals surface area (Å²) < 4.78 is 0. The smallest absolute Gasteiger partial charge is 0.325 e. The summed E-state index contributed by atoms with van der Waals surface area (Å²) in [5.41, 5.74) is -1.23. The minimum absolute atomic E-state index is 0.00160. The zero-order valence-electron chi connectivity index (χ0n) is 11.6. The van der Waals surface area contributed by atoms with Gasteiger partial charge in [-0.05, 0) is 38.8 Å². The van der Waals surface area contributed by atoms with Gasteiger partial charge >= 0.3 is 5.69 Å². The Kier molecular flexibility index (Phi) is 4.73. The summed E-state index contributed by atoms with van der Waals surface area (Å²) >= 11 is 0. The van der Waals surface area contributed by atoms with Crippen molar-refractivity contribution in [2.75, 3.05) is 26.7 Å². The van der Waals surface area contributed by atoms with Gasteiger partial charge in [-0.25, -0.2) is 4.79 Å². The van der Waals surface area contributed by atoms with E-state index >= 15 is 0 Å². The van der Waals surface area contributed by atoms with Crippen molar-refractivity contribution in [1.82, 2.24) is 20.2 Å². The van der Waals surface area contributed by atoms with E-state index in [2.05, 4.69) is 15.3 Å². The highest BCUT2D eigenvalue weighted by molar-refractivity contribution is 5.93. The van der Waals surface area contributed by atoms with Gasteiger partial charge in [0.25, 0.3) is 11.5 Å². The summed E-state index contributed by atoms with van der Waals surface area (Å²) in [5.74, 6) is 0.315. The lowest BCUT2D eigenvalue weighted by atomic mass is 9.93. The second-order valence-electron chi connectivity index (χ2n) is 5.11. The first-order valence-electron chi connectivity index (χ1n) is 6.87. The molecule has 1 fully saturated rings. The Morgan fingerprint density at radius 2 is 2.10 bits per heavy atom. The second kappa shape index (κ2) is 6.51. The van der Waals surface area contributed by atoms with Crippen molar-refractivity contribution < 1.29 is 4.79 Å². The van der Waals surface area contributed by atoms with Gasteiger partial charge < -0.3 is 15.2 Å². The van der Waals surface area contributed by atoms with Gasteiger partial charge in [0.15, 0.2) is 0 Å². The third-order valence-electron chi connectivity index (χ3n) is 3.75. The van der Waals surface area contributed by atoms with Crippen LogP contribution >= 0.6 is 0 Å². The number of amides is 1. The number of aromatic nitrogens is 2. The molecule has 2 heterocycles. The molecule has 0 atom stereocenters. The van der Waals surface area contributed by atoms with Gasteiger partial charge in [0.1, 0.15) is 5.56 Å². The molecule has 2 rings (SSSR count). The highest BCUT2D eigenvalue weighted by Gasteiger charge is 2.24. The van der Waals surface area contributed by atoms with E-state index in [9.17, 15) is 14.4 Å². The van der Waals surface area contributed by atoms with E-state index in [1.165, 1.54) is 6.20 Å². The summed E-state index contributed by atoms with van der Waals surface area (Å²) in [6, 6.07) is 0. The lowest BCUT2D eigenvalue weighted by molar-refractivity contribution is 0.0684.